The second-order valence-electron chi connectivity index (χ2n) is 7.29. The van der Waals surface area contributed by atoms with Gasteiger partial charge < -0.3 is 15.3 Å². The number of carboxylic acid groups (broad SMARTS) is 1. The molecule has 4 rings (SSSR count). The highest BCUT2D eigenvalue weighted by molar-refractivity contribution is 5.94. The third kappa shape index (κ3) is 4.98. The summed E-state index contributed by atoms with van der Waals surface area (Å²) in [6.45, 7) is 3.52. The van der Waals surface area contributed by atoms with Crippen molar-refractivity contribution in [1.82, 2.24) is 20.4 Å². The zero-order chi connectivity index (χ0) is 19.8. The van der Waals surface area contributed by atoms with Gasteiger partial charge in [0.1, 0.15) is 0 Å². The first kappa shape index (κ1) is 20.1. The quantitative estimate of drug-likeness (QED) is 0.687. The second-order valence-corrected chi connectivity index (χ2v) is 7.29. The number of amides is 1. The van der Waals surface area contributed by atoms with Crippen LogP contribution in [0.5, 0.6) is 0 Å². The van der Waals surface area contributed by atoms with E-state index in [0.717, 1.165) is 50.2 Å². The SMILES string of the molecule is O=C(NCCN1CCC(c2ccccc2)C1)c1n[nH]c2c1CCCC2.O=CO. The fourth-order valence-corrected chi connectivity index (χ4v) is 4.11. The van der Waals surface area contributed by atoms with E-state index in [-0.39, 0.29) is 12.4 Å². The minimum Gasteiger partial charge on any atom is -0.483 e. The van der Waals surface area contributed by atoms with Gasteiger partial charge in [-0.25, -0.2) is 0 Å². The average molecular weight is 384 g/mol. The van der Waals surface area contributed by atoms with E-state index in [2.05, 4.69) is 50.7 Å². The Hall–Kier alpha value is -2.67. The van der Waals surface area contributed by atoms with Gasteiger partial charge in [0.15, 0.2) is 5.69 Å². The molecule has 0 saturated carbocycles. The normalized spacial score (nSPS) is 18.6. The first-order valence-electron chi connectivity index (χ1n) is 9.92. The van der Waals surface area contributed by atoms with Crippen molar-refractivity contribution in [2.45, 2.75) is 38.0 Å². The van der Waals surface area contributed by atoms with Gasteiger partial charge in [0.2, 0.25) is 0 Å². The van der Waals surface area contributed by atoms with Crippen LogP contribution in [0.3, 0.4) is 0 Å². The van der Waals surface area contributed by atoms with Gasteiger partial charge in [0, 0.05) is 30.9 Å². The first-order chi connectivity index (χ1) is 13.7. The molecule has 28 heavy (non-hydrogen) atoms. The van der Waals surface area contributed by atoms with Gasteiger partial charge in [-0.2, -0.15) is 5.10 Å². The molecule has 1 aliphatic carbocycles. The monoisotopic (exact) mass is 384 g/mol. The lowest BCUT2D eigenvalue weighted by Gasteiger charge is -2.16. The molecule has 1 aliphatic heterocycles. The number of nitrogens with zero attached hydrogens (tertiary/aromatic N) is 2. The number of hydrogen-bond acceptors (Lipinski definition) is 4. The number of benzene rings is 1. The fraction of sp³-hybridized carbons (Fsp3) is 0.476. The average Bonchev–Trinajstić information content (AvgIpc) is 3.36. The largest absolute Gasteiger partial charge is 0.483 e. The summed E-state index contributed by atoms with van der Waals surface area (Å²) < 4.78 is 0. The van der Waals surface area contributed by atoms with Gasteiger partial charge in [0.25, 0.3) is 12.4 Å². The number of aromatic amines is 1. The predicted molar refractivity (Wildman–Crippen MR) is 106 cm³/mol. The van der Waals surface area contributed by atoms with Gasteiger partial charge in [-0.3, -0.25) is 14.7 Å². The van der Waals surface area contributed by atoms with Crippen molar-refractivity contribution in [3.05, 3.63) is 52.8 Å². The Bertz CT molecular complexity index is 775. The lowest BCUT2D eigenvalue weighted by molar-refractivity contribution is -0.122. The Balaban J connectivity index is 0.000000706. The Morgan fingerprint density at radius 2 is 2.04 bits per heavy atom. The number of hydrogen-bond donors (Lipinski definition) is 3. The Morgan fingerprint density at radius 1 is 1.29 bits per heavy atom. The molecule has 1 aromatic carbocycles. The van der Waals surface area contributed by atoms with Gasteiger partial charge in [-0.15, -0.1) is 0 Å². The number of aryl methyl sites for hydroxylation is 1. The smallest absolute Gasteiger partial charge is 0.290 e. The van der Waals surface area contributed by atoms with E-state index in [0.29, 0.717) is 18.2 Å². The first-order valence-corrected chi connectivity index (χ1v) is 9.92. The van der Waals surface area contributed by atoms with E-state index in [1.807, 2.05) is 0 Å². The van der Waals surface area contributed by atoms with Gasteiger partial charge >= 0.3 is 0 Å². The van der Waals surface area contributed by atoms with Crippen molar-refractivity contribution in [3.8, 4) is 0 Å². The maximum absolute atomic E-state index is 12.4. The molecule has 2 aromatic rings. The number of H-pyrrole nitrogens is 1. The second kappa shape index (κ2) is 10.0. The van der Waals surface area contributed by atoms with Crippen LogP contribution in [0.25, 0.3) is 0 Å². The molecule has 1 unspecified atom stereocenters. The molecule has 1 fully saturated rings. The van der Waals surface area contributed by atoms with Gasteiger partial charge in [-0.1, -0.05) is 30.3 Å². The number of carbonyl (C=O) groups excluding carboxylic acids is 1. The summed E-state index contributed by atoms with van der Waals surface area (Å²) in [6.07, 6.45) is 5.53. The third-order valence-electron chi connectivity index (χ3n) is 5.53. The number of carbonyl (C=O) groups is 2. The molecule has 2 aliphatic rings. The molecule has 0 radical (unpaired) electrons. The summed E-state index contributed by atoms with van der Waals surface area (Å²) in [7, 11) is 0. The highest BCUT2D eigenvalue weighted by Crippen LogP contribution is 2.26. The number of nitrogens with one attached hydrogen (secondary N) is 2. The molecule has 7 nitrogen and oxygen atoms in total. The van der Waals surface area contributed by atoms with E-state index < -0.39 is 0 Å². The molecule has 1 saturated heterocycles. The fourth-order valence-electron chi connectivity index (χ4n) is 4.11. The van der Waals surface area contributed by atoms with E-state index >= 15 is 0 Å². The van der Waals surface area contributed by atoms with Crippen LogP contribution in [0.4, 0.5) is 0 Å². The van der Waals surface area contributed by atoms with Crippen LogP contribution in [0.2, 0.25) is 0 Å². The van der Waals surface area contributed by atoms with Gasteiger partial charge in [-0.05, 0) is 50.1 Å². The summed E-state index contributed by atoms with van der Waals surface area (Å²) >= 11 is 0. The Morgan fingerprint density at radius 3 is 2.82 bits per heavy atom. The van der Waals surface area contributed by atoms with E-state index in [9.17, 15) is 4.79 Å². The summed E-state index contributed by atoms with van der Waals surface area (Å²) in [5.74, 6) is 0.591. The molecular weight excluding hydrogens is 356 g/mol. The van der Waals surface area contributed by atoms with E-state index in [1.54, 1.807) is 0 Å². The predicted octanol–water partition coefficient (Wildman–Crippen LogP) is 2.21. The van der Waals surface area contributed by atoms with E-state index in [4.69, 9.17) is 9.90 Å². The van der Waals surface area contributed by atoms with Crippen molar-refractivity contribution >= 4 is 12.4 Å². The zero-order valence-corrected chi connectivity index (χ0v) is 16.1. The highest BCUT2D eigenvalue weighted by Gasteiger charge is 2.24. The molecule has 1 amide bonds. The number of likely N-dealkylation sites (tertiary alicyclic amines) is 1. The van der Waals surface area contributed by atoms with Crippen LogP contribution in [0.15, 0.2) is 30.3 Å². The molecule has 3 N–H and O–H groups in total. The van der Waals surface area contributed by atoms with Crippen molar-refractivity contribution in [1.29, 1.82) is 0 Å². The summed E-state index contributed by atoms with van der Waals surface area (Å²) in [5, 5.41) is 17.2. The van der Waals surface area contributed by atoms with Crippen LogP contribution in [0.1, 0.15) is 52.5 Å². The lowest BCUT2D eigenvalue weighted by atomic mass is 9.96. The van der Waals surface area contributed by atoms with Crippen molar-refractivity contribution in [2.24, 2.45) is 0 Å². The van der Waals surface area contributed by atoms with Crippen LogP contribution in [-0.4, -0.2) is 58.8 Å². The highest BCUT2D eigenvalue weighted by atomic mass is 16.3. The van der Waals surface area contributed by atoms with Crippen LogP contribution in [-0.2, 0) is 17.6 Å². The van der Waals surface area contributed by atoms with Crippen molar-refractivity contribution in [2.75, 3.05) is 26.2 Å². The summed E-state index contributed by atoms with van der Waals surface area (Å²) in [5.41, 5.74) is 4.33. The minimum absolute atomic E-state index is 0.0294. The van der Waals surface area contributed by atoms with Crippen molar-refractivity contribution < 1.29 is 14.7 Å². The Labute approximate surface area is 165 Å². The van der Waals surface area contributed by atoms with Crippen molar-refractivity contribution in [3.63, 3.8) is 0 Å². The molecule has 0 bridgehead atoms. The minimum atomic E-state index is -0.250. The summed E-state index contributed by atoms with van der Waals surface area (Å²) in [6, 6.07) is 10.7. The molecule has 1 aromatic heterocycles. The molecular formula is C21H28N4O3. The molecule has 1 atom stereocenters. The van der Waals surface area contributed by atoms with Crippen LogP contribution >= 0.6 is 0 Å². The molecule has 7 heteroatoms. The Kier molecular flexibility index (Phi) is 7.19. The van der Waals surface area contributed by atoms with Gasteiger partial charge in [0.05, 0.1) is 0 Å². The number of rotatable bonds is 5. The maximum Gasteiger partial charge on any atom is 0.290 e. The van der Waals surface area contributed by atoms with Crippen LogP contribution < -0.4 is 5.32 Å². The molecule has 150 valence electrons. The molecule has 0 spiro atoms. The third-order valence-corrected chi connectivity index (χ3v) is 5.53. The molecule has 2 heterocycles. The number of aromatic nitrogens is 2. The number of fused-ring (bicyclic) bond motifs is 1. The van der Waals surface area contributed by atoms with E-state index in [1.165, 1.54) is 18.4 Å². The lowest BCUT2D eigenvalue weighted by Crippen LogP contribution is -2.34. The van der Waals surface area contributed by atoms with Crippen LogP contribution in [0, 0.1) is 0 Å². The zero-order valence-electron chi connectivity index (χ0n) is 16.1. The standard InChI is InChI=1S/C20H26N4O.CH2O2/c25-20(19-17-8-4-5-9-18(17)22-23-19)21-11-13-24-12-10-16(14-24)15-6-2-1-3-7-15;2-1-3/h1-3,6-7,16H,4-5,8-14H2,(H,21,25)(H,22,23);1H,(H,2,3). The maximum atomic E-state index is 12.4. The topological polar surface area (TPSA) is 98.3 Å². The summed E-state index contributed by atoms with van der Waals surface area (Å²) in [4.78, 5) is 23.2.